The Hall–Kier alpha value is -1.62. The number of imidazole rings is 1. The number of H-pyrrole nitrogens is 1. The predicted octanol–water partition coefficient (Wildman–Crippen LogP) is 3.22. The van der Waals surface area contributed by atoms with Gasteiger partial charge < -0.3 is 10.3 Å². The Bertz CT molecular complexity index is 650. The lowest BCUT2D eigenvalue weighted by Gasteiger charge is -2.21. The summed E-state index contributed by atoms with van der Waals surface area (Å²) < 4.78 is 1.02. The molecule has 3 rings (SSSR count). The molecule has 1 aromatic carbocycles. The van der Waals surface area contributed by atoms with Gasteiger partial charge in [0.2, 0.25) is 5.91 Å². The van der Waals surface area contributed by atoms with Crippen LogP contribution < -0.4 is 5.32 Å². The maximum absolute atomic E-state index is 12.4. The highest BCUT2D eigenvalue weighted by Gasteiger charge is 2.26. The number of aromatic nitrogens is 2. The molecule has 1 unspecified atom stereocenters. The summed E-state index contributed by atoms with van der Waals surface area (Å²) in [5.74, 6) is 0.113. The van der Waals surface area contributed by atoms with Gasteiger partial charge in [0.1, 0.15) is 0 Å². The van der Waals surface area contributed by atoms with Crippen molar-refractivity contribution in [3.05, 3.63) is 46.0 Å². The van der Waals surface area contributed by atoms with E-state index in [0.29, 0.717) is 0 Å². The van der Waals surface area contributed by atoms with Crippen LogP contribution in [0.15, 0.2) is 29.0 Å². The molecule has 0 aliphatic heterocycles. The van der Waals surface area contributed by atoms with E-state index >= 15 is 0 Å². The molecule has 2 aromatic rings. The third-order valence-electron chi connectivity index (χ3n) is 3.80. The van der Waals surface area contributed by atoms with Crippen LogP contribution in [0.3, 0.4) is 0 Å². The lowest BCUT2D eigenvalue weighted by molar-refractivity contribution is -0.120. The van der Waals surface area contributed by atoms with Gasteiger partial charge in [-0.05, 0) is 43.5 Å². The first-order valence-corrected chi connectivity index (χ1v) is 7.51. The first kappa shape index (κ1) is 13.4. The summed E-state index contributed by atoms with van der Waals surface area (Å²) >= 11 is 3.43. The van der Waals surface area contributed by atoms with Gasteiger partial charge in [0, 0.05) is 28.2 Å². The normalized spacial score (nSPS) is 17.6. The first-order chi connectivity index (χ1) is 9.63. The highest BCUT2D eigenvalue weighted by atomic mass is 79.9. The number of benzene rings is 1. The standard InChI is InChI=1S/C15H16BrN3O/c1-9-6-11(16)3-5-12(9)19-15(20)10-2-4-13-14(7-10)18-8-17-13/h3,5-6,8,10H,2,4,7H2,1H3,(H,17,18)(H,19,20). The first-order valence-electron chi connectivity index (χ1n) is 6.71. The van der Waals surface area contributed by atoms with Crippen molar-refractivity contribution < 1.29 is 4.79 Å². The second kappa shape index (κ2) is 5.40. The number of hydrogen-bond acceptors (Lipinski definition) is 2. The number of nitrogens with one attached hydrogen (secondary N) is 2. The van der Waals surface area contributed by atoms with E-state index in [0.717, 1.165) is 46.4 Å². The summed E-state index contributed by atoms with van der Waals surface area (Å²) in [7, 11) is 0. The number of halogens is 1. The molecule has 1 aromatic heterocycles. The number of aryl methyl sites for hydroxylation is 2. The van der Waals surface area contributed by atoms with Gasteiger partial charge in [0.05, 0.1) is 12.0 Å². The second-order valence-corrected chi connectivity index (χ2v) is 6.13. The number of rotatable bonds is 2. The molecule has 104 valence electrons. The van der Waals surface area contributed by atoms with E-state index in [-0.39, 0.29) is 11.8 Å². The van der Waals surface area contributed by atoms with Crippen LogP contribution in [0.25, 0.3) is 0 Å². The third kappa shape index (κ3) is 2.63. The topological polar surface area (TPSA) is 57.8 Å². The van der Waals surface area contributed by atoms with Gasteiger partial charge in [-0.3, -0.25) is 4.79 Å². The quantitative estimate of drug-likeness (QED) is 0.886. The molecule has 4 nitrogen and oxygen atoms in total. The Morgan fingerprint density at radius 1 is 1.50 bits per heavy atom. The number of carbonyl (C=O) groups excluding carboxylic acids is 1. The molecule has 0 radical (unpaired) electrons. The van der Waals surface area contributed by atoms with Crippen molar-refractivity contribution in [3.8, 4) is 0 Å². The average Bonchev–Trinajstić information content (AvgIpc) is 2.89. The van der Waals surface area contributed by atoms with E-state index in [9.17, 15) is 4.79 Å². The van der Waals surface area contributed by atoms with Crippen LogP contribution in [0.4, 0.5) is 5.69 Å². The van der Waals surface area contributed by atoms with Gasteiger partial charge in [-0.25, -0.2) is 4.98 Å². The second-order valence-electron chi connectivity index (χ2n) is 5.22. The van der Waals surface area contributed by atoms with Crippen LogP contribution in [0.2, 0.25) is 0 Å². The smallest absolute Gasteiger partial charge is 0.227 e. The summed E-state index contributed by atoms with van der Waals surface area (Å²) in [5.41, 5.74) is 4.15. The fraction of sp³-hybridized carbons (Fsp3) is 0.333. The fourth-order valence-electron chi connectivity index (χ4n) is 2.63. The Kier molecular flexibility index (Phi) is 3.61. The SMILES string of the molecule is Cc1cc(Br)ccc1NC(=O)C1CCc2nc[nH]c2C1. The lowest BCUT2D eigenvalue weighted by Crippen LogP contribution is -2.28. The largest absolute Gasteiger partial charge is 0.348 e. The highest BCUT2D eigenvalue weighted by molar-refractivity contribution is 9.10. The lowest BCUT2D eigenvalue weighted by atomic mass is 9.89. The zero-order valence-corrected chi connectivity index (χ0v) is 12.8. The Labute approximate surface area is 126 Å². The Morgan fingerprint density at radius 2 is 2.35 bits per heavy atom. The van der Waals surface area contributed by atoms with Crippen molar-refractivity contribution >= 4 is 27.5 Å². The van der Waals surface area contributed by atoms with Crippen molar-refractivity contribution in [3.63, 3.8) is 0 Å². The van der Waals surface area contributed by atoms with Gasteiger partial charge in [-0.15, -0.1) is 0 Å². The minimum atomic E-state index is 0.0194. The molecule has 20 heavy (non-hydrogen) atoms. The molecule has 5 heteroatoms. The molecule has 1 aliphatic rings. The molecular weight excluding hydrogens is 318 g/mol. The molecular formula is C15H16BrN3O. The number of fused-ring (bicyclic) bond motifs is 1. The molecule has 1 heterocycles. The van der Waals surface area contributed by atoms with E-state index in [1.54, 1.807) is 6.33 Å². The highest BCUT2D eigenvalue weighted by Crippen LogP contribution is 2.25. The summed E-state index contributed by atoms with van der Waals surface area (Å²) in [6.07, 6.45) is 4.19. The van der Waals surface area contributed by atoms with E-state index in [1.165, 1.54) is 0 Å². The van der Waals surface area contributed by atoms with Crippen LogP contribution in [-0.2, 0) is 17.6 Å². The van der Waals surface area contributed by atoms with E-state index < -0.39 is 0 Å². The zero-order valence-electron chi connectivity index (χ0n) is 11.2. The van der Waals surface area contributed by atoms with Crippen molar-refractivity contribution in [1.82, 2.24) is 9.97 Å². The summed E-state index contributed by atoms with van der Waals surface area (Å²) in [5, 5.41) is 3.04. The van der Waals surface area contributed by atoms with Crippen molar-refractivity contribution in [2.24, 2.45) is 5.92 Å². The van der Waals surface area contributed by atoms with Crippen molar-refractivity contribution in [2.75, 3.05) is 5.32 Å². The molecule has 2 N–H and O–H groups in total. The third-order valence-corrected chi connectivity index (χ3v) is 4.30. The minimum Gasteiger partial charge on any atom is -0.348 e. The molecule has 1 aliphatic carbocycles. The monoisotopic (exact) mass is 333 g/mol. The summed E-state index contributed by atoms with van der Waals surface area (Å²) in [6, 6.07) is 5.88. The van der Waals surface area contributed by atoms with Crippen LogP contribution in [0.5, 0.6) is 0 Å². The van der Waals surface area contributed by atoms with E-state index in [4.69, 9.17) is 0 Å². The Morgan fingerprint density at radius 3 is 3.15 bits per heavy atom. The number of aromatic amines is 1. The summed E-state index contributed by atoms with van der Waals surface area (Å²) in [4.78, 5) is 19.8. The van der Waals surface area contributed by atoms with Crippen LogP contribution >= 0.6 is 15.9 Å². The molecule has 0 spiro atoms. The number of nitrogens with zero attached hydrogens (tertiary/aromatic N) is 1. The molecule has 0 saturated heterocycles. The molecule has 0 bridgehead atoms. The average molecular weight is 334 g/mol. The maximum atomic E-state index is 12.4. The van der Waals surface area contributed by atoms with E-state index in [2.05, 4.69) is 31.2 Å². The van der Waals surface area contributed by atoms with Gasteiger partial charge >= 0.3 is 0 Å². The maximum Gasteiger partial charge on any atom is 0.227 e. The van der Waals surface area contributed by atoms with Crippen LogP contribution in [0.1, 0.15) is 23.4 Å². The summed E-state index contributed by atoms with van der Waals surface area (Å²) in [6.45, 7) is 1.99. The van der Waals surface area contributed by atoms with Gasteiger partial charge in [-0.2, -0.15) is 0 Å². The number of carbonyl (C=O) groups is 1. The molecule has 1 amide bonds. The van der Waals surface area contributed by atoms with Crippen molar-refractivity contribution in [1.29, 1.82) is 0 Å². The predicted molar refractivity (Wildman–Crippen MR) is 81.6 cm³/mol. The number of hydrogen-bond donors (Lipinski definition) is 2. The number of amides is 1. The van der Waals surface area contributed by atoms with Gasteiger partial charge in [-0.1, -0.05) is 15.9 Å². The van der Waals surface area contributed by atoms with Gasteiger partial charge in [0.25, 0.3) is 0 Å². The molecule has 0 fully saturated rings. The molecule has 1 atom stereocenters. The minimum absolute atomic E-state index is 0.0194. The van der Waals surface area contributed by atoms with Gasteiger partial charge in [0.15, 0.2) is 0 Å². The molecule has 0 saturated carbocycles. The van der Waals surface area contributed by atoms with Crippen LogP contribution in [-0.4, -0.2) is 15.9 Å². The zero-order chi connectivity index (χ0) is 14.1. The van der Waals surface area contributed by atoms with Crippen LogP contribution in [0, 0.1) is 12.8 Å². The van der Waals surface area contributed by atoms with E-state index in [1.807, 2.05) is 25.1 Å². The van der Waals surface area contributed by atoms with Crippen molar-refractivity contribution in [2.45, 2.75) is 26.2 Å². The Balaban J connectivity index is 1.71. The number of anilines is 1. The fourth-order valence-corrected chi connectivity index (χ4v) is 3.10.